The van der Waals surface area contributed by atoms with Gasteiger partial charge in [0.1, 0.15) is 0 Å². The molecule has 0 spiro atoms. The number of esters is 1. The lowest BCUT2D eigenvalue weighted by molar-refractivity contribution is -0.144. The highest BCUT2D eigenvalue weighted by Crippen LogP contribution is 2.19. The van der Waals surface area contributed by atoms with Gasteiger partial charge < -0.3 is 15.4 Å². The quantitative estimate of drug-likeness (QED) is 0.233. The normalized spacial score (nSPS) is 16.3. The van der Waals surface area contributed by atoms with E-state index in [1.54, 1.807) is 12.6 Å². The van der Waals surface area contributed by atoms with Gasteiger partial charge in [0.25, 0.3) is 0 Å². The first-order chi connectivity index (χ1) is 9.67. The molecule has 0 saturated heterocycles. The molecule has 0 bridgehead atoms. The Kier molecular flexibility index (Phi) is 11.4. The van der Waals surface area contributed by atoms with Gasteiger partial charge in [-0.1, -0.05) is 18.6 Å². The standard InChI is InChI=1S/C15H27N3O2.HI/c1-12(14(19)20-3)11-18-15(16-2)17-10-9-13-7-5-4-6-8-13;/h7,12H,4-6,8-11H2,1-3H3,(H2,16,17,18);1H. The van der Waals surface area contributed by atoms with Gasteiger partial charge in [-0.3, -0.25) is 9.79 Å². The number of carbonyl (C=O) groups is 1. The van der Waals surface area contributed by atoms with Crippen LogP contribution in [-0.4, -0.2) is 39.2 Å². The fraction of sp³-hybridized carbons (Fsp3) is 0.733. The molecule has 0 radical (unpaired) electrons. The lowest BCUT2D eigenvalue weighted by atomic mass is 9.97. The molecule has 1 unspecified atom stereocenters. The second-order valence-corrected chi connectivity index (χ2v) is 5.16. The summed E-state index contributed by atoms with van der Waals surface area (Å²) in [5, 5.41) is 6.42. The van der Waals surface area contributed by atoms with Crippen molar-refractivity contribution in [1.29, 1.82) is 0 Å². The van der Waals surface area contributed by atoms with E-state index in [-0.39, 0.29) is 35.9 Å². The number of rotatable bonds is 6. The molecule has 0 aromatic rings. The molecule has 2 N–H and O–H groups in total. The van der Waals surface area contributed by atoms with Gasteiger partial charge in [0.2, 0.25) is 0 Å². The molecule has 21 heavy (non-hydrogen) atoms. The lowest BCUT2D eigenvalue weighted by Gasteiger charge is -2.16. The summed E-state index contributed by atoms with van der Waals surface area (Å²) >= 11 is 0. The number of aliphatic imine (C=N–C) groups is 1. The Balaban J connectivity index is 0.00000400. The summed E-state index contributed by atoms with van der Waals surface area (Å²) in [6.07, 6.45) is 8.51. The van der Waals surface area contributed by atoms with Crippen molar-refractivity contribution >= 4 is 35.9 Å². The van der Waals surface area contributed by atoms with Gasteiger partial charge >= 0.3 is 5.97 Å². The number of hydrogen-bond acceptors (Lipinski definition) is 3. The van der Waals surface area contributed by atoms with Crippen LogP contribution in [0.25, 0.3) is 0 Å². The largest absolute Gasteiger partial charge is 0.469 e. The van der Waals surface area contributed by atoms with Crippen molar-refractivity contribution in [2.45, 2.75) is 39.0 Å². The molecule has 0 aromatic carbocycles. The van der Waals surface area contributed by atoms with Crippen LogP contribution in [-0.2, 0) is 9.53 Å². The van der Waals surface area contributed by atoms with Crippen LogP contribution in [0.2, 0.25) is 0 Å². The second-order valence-electron chi connectivity index (χ2n) is 5.16. The van der Waals surface area contributed by atoms with Crippen LogP contribution in [0.3, 0.4) is 0 Å². The maximum absolute atomic E-state index is 11.3. The molecule has 0 heterocycles. The highest BCUT2D eigenvalue weighted by Gasteiger charge is 2.13. The third-order valence-corrected chi connectivity index (χ3v) is 3.53. The molecule has 1 aliphatic rings. The topological polar surface area (TPSA) is 62.7 Å². The van der Waals surface area contributed by atoms with Gasteiger partial charge in [0.15, 0.2) is 5.96 Å². The fourth-order valence-electron chi connectivity index (χ4n) is 2.23. The molecule has 1 aliphatic carbocycles. The zero-order valence-corrected chi connectivity index (χ0v) is 15.6. The third-order valence-electron chi connectivity index (χ3n) is 3.53. The number of carbonyl (C=O) groups excluding carboxylic acids is 1. The maximum atomic E-state index is 11.3. The van der Waals surface area contributed by atoms with Gasteiger partial charge in [-0.2, -0.15) is 0 Å². The number of hydrogen-bond donors (Lipinski definition) is 2. The van der Waals surface area contributed by atoms with E-state index in [1.807, 2.05) is 6.92 Å². The predicted octanol–water partition coefficient (Wildman–Crippen LogP) is 2.47. The maximum Gasteiger partial charge on any atom is 0.310 e. The Morgan fingerprint density at radius 3 is 2.76 bits per heavy atom. The first-order valence-electron chi connectivity index (χ1n) is 7.37. The SMILES string of the molecule is CN=C(NCCC1=CCCCC1)NCC(C)C(=O)OC.I. The minimum absolute atomic E-state index is 0. The van der Waals surface area contributed by atoms with E-state index >= 15 is 0 Å². The monoisotopic (exact) mass is 409 g/mol. The van der Waals surface area contributed by atoms with E-state index in [0.29, 0.717) is 6.54 Å². The average molecular weight is 409 g/mol. The number of ether oxygens (including phenoxy) is 1. The van der Waals surface area contributed by atoms with E-state index in [2.05, 4.69) is 21.7 Å². The van der Waals surface area contributed by atoms with Gasteiger partial charge in [0.05, 0.1) is 13.0 Å². The van der Waals surface area contributed by atoms with Crippen LogP contribution in [0.1, 0.15) is 39.0 Å². The Labute approximate surface area is 145 Å². The molecule has 0 aromatic heterocycles. The Morgan fingerprint density at radius 1 is 1.43 bits per heavy atom. The zero-order chi connectivity index (χ0) is 14.8. The number of methoxy groups -OCH3 is 1. The molecule has 0 saturated carbocycles. The number of guanidine groups is 1. The number of halogens is 1. The molecule has 1 atom stereocenters. The van der Waals surface area contributed by atoms with Crippen LogP contribution in [0.5, 0.6) is 0 Å². The Bertz CT molecular complexity index is 370. The van der Waals surface area contributed by atoms with Gasteiger partial charge in [-0.15, -0.1) is 24.0 Å². The van der Waals surface area contributed by atoms with Crippen molar-refractivity contribution < 1.29 is 9.53 Å². The predicted molar refractivity (Wildman–Crippen MR) is 97.1 cm³/mol. The summed E-state index contributed by atoms with van der Waals surface area (Å²) in [4.78, 5) is 15.5. The van der Waals surface area contributed by atoms with Crippen LogP contribution < -0.4 is 10.6 Å². The molecule has 5 nitrogen and oxygen atoms in total. The van der Waals surface area contributed by atoms with Crippen molar-refractivity contribution in [1.82, 2.24) is 10.6 Å². The number of nitrogens with one attached hydrogen (secondary N) is 2. The average Bonchev–Trinajstić information content (AvgIpc) is 2.50. The molecule has 6 heteroatoms. The first kappa shape index (κ1) is 20.2. The van der Waals surface area contributed by atoms with Crippen molar-refractivity contribution in [3.05, 3.63) is 11.6 Å². The summed E-state index contributed by atoms with van der Waals surface area (Å²) < 4.78 is 4.69. The Morgan fingerprint density at radius 2 is 2.19 bits per heavy atom. The summed E-state index contributed by atoms with van der Waals surface area (Å²) in [6.45, 7) is 3.23. The van der Waals surface area contributed by atoms with Gasteiger partial charge in [-0.25, -0.2) is 0 Å². The molecule has 0 fully saturated rings. The van der Waals surface area contributed by atoms with Crippen LogP contribution in [0.4, 0.5) is 0 Å². The third kappa shape index (κ3) is 8.28. The minimum atomic E-state index is -0.208. The molecule has 0 amide bonds. The fourth-order valence-corrected chi connectivity index (χ4v) is 2.23. The zero-order valence-electron chi connectivity index (χ0n) is 13.3. The van der Waals surface area contributed by atoms with Gasteiger partial charge in [0, 0.05) is 20.1 Å². The van der Waals surface area contributed by atoms with E-state index in [9.17, 15) is 4.79 Å². The lowest BCUT2D eigenvalue weighted by Crippen LogP contribution is -2.41. The van der Waals surface area contributed by atoms with E-state index < -0.39 is 0 Å². The molecule has 122 valence electrons. The van der Waals surface area contributed by atoms with Crippen LogP contribution in [0.15, 0.2) is 16.6 Å². The van der Waals surface area contributed by atoms with E-state index in [4.69, 9.17) is 4.74 Å². The highest BCUT2D eigenvalue weighted by molar-refractivity contribution is 14.0. The van der Waals surface area contributed by atoms with Crippen LogP contribution in [0, 0.1) is 5.92 Å². The van der Waals surface area contributed by atoms with E-state index in [1.165, 1.54) is 32.8 Å². The van der Waals surface area contributed by atoms with Crippen molar-refractivity contribution in [2.75, 3.05) is 27.2 Å². The van der Waals surface area contributed by atoms with Crippen molar-refractivity contribution in [3.8, 4) is 0 Å². The first-order valence-corrected chi connectivity index (χ1v) is 7.37. The molecular formula is C15H28IN3O2. The Hall–Kier alpha value is -0.790. The van der Waals surface area contributed by atoms with Gasteiger partial charge in [-0.05, 0) is 32.1 Å². The van der Waals surface area contributed by atoms with Crippen molar-refractivity contribution in [3.63, 3.8) is 0 Å². The second kappa shape index (κ2) is 11.8. The summed E-state index contributed by atoms with van der Waals surface area (Å²) in [7, 11) is 3.14. The highest BCUT2D eigenvalue weighted by atomic mass is 127. The van der Waals surface area contributed by atoms with Crippen LogP contribution >= 0.6 is 24.0 Å². The van der Waals surface area contributed by atoms with E-state index in [0.717, 1.165) is 18.9 Å². The summed E-state index contributed by atoms with van der Waals surface area (Å²) in [5.41, 5.74) is 1.54. The minimum Gasteiger partial charge on any atom is -0.469 e. The molecule has 0 aliphatic heterocycles. The molecular weight excluding hydrogens is 381 g/mol. The molecule has 1 rings (SSSR count). The summed E-state index contributed by atoms with van der Waals surface area (Å²) in [5.74, 6) is 0.345. The summed E-state index contributed by atoms with van der Waals surface area (Å²) in [6, 6.07) is 0. The smallest absolute Gasteiger partial charge is 0.310 e. The van der Waals surface area contributed by atoms with Crippen molar-refractivity contribution in [2.24, 2.45) is 10.9 Å². The number of allylic oxidation sites excluding steroid dienone is 1. The number of nitrogens with zero attached hydrogens (tertiary/aromatic N) is 1.